The molecular formula is C28H23Cl2F3N2O. The number of amides is 1. The second kappa shape index (κ2) is 9.83. The highest BCUT2D eigenvalue weighted by molar-refractivity contribution is 6.32. The van der Waals surface area contributed by atoms with Gasteiger partial charge in [0.25, 0.3) is 5.91 Å². The van der Waals surface area contributed by atoms with Gasteiger partial charge in [0, 0.05) is 34.7 Å². The Bertz CT molecular complexity index is 1430. The van der Waals surface area contributed by atoms with Crippen LogP contribution in [0.4, 0.5) is 13.2 Å². The van der Waals surface area contributed by atoms with Gasteiger partial charge >= 0.3 is 6.18 Å². The van der Waals surface area contributed by atoms with Gasteiger partial charge in [0.05, 0.1) is 16.6 Å². The first-order valence-corrected chi connectivity index (χ1v) is 12.4. The number of rotatable bonds is 7. The quantitative estimate of drug-likeness (QED) is 0.256. The average molecular weight is 531 g/mol. The molecule has 1 heterocycles. The monoisotopic (exact) mass is 530 g/mol. The van der Waals surface area contributed by atoms with Gasteiger partial charge in [-0.3, -0.25) is 4.79 Å². The van der Waals surface area contributed by atoms with Crippen LogP contribution >= 0.6 is 23.2 Å². The van der Waals surface area contributed by atoms with E-state index in [2.05, 4.69) is 4.98 Å². The van der Waals surface area contributed by atoms with Gasteiger partial charge < -0.3 is 9.88 Å². The van der Waals surface area contributed by atoms with Crippen LogP contribution in [0, 0.1) is 0 Å². The summed E-state index contributed by atoms with van der Waals surface area (Å²) in [4.78, 5) is 18.5. The number of fused-ring (bicyclic) bond motifs is 1. The Morgan fingerprint density at radius 3 is 2.56 bits per heavy atom. The summed E-state index contributed by atoms with van der Waals surface area (Å²) in [6, 6.07) is 16.3. The number of aromatic nitrogens is 1. The van der Waals surface area contributed by atoms with Crippen molar-refractivity contribution in [3.8, 4) is 0 Å². The van der Waals surface area contributed by atoms with E-state index in [1.165, 1.54) is 11.6 Å². The third-order valence-electron chi connectivity index (χ3n) is 6.55. The van der Waals surface area contributed by atoms with E-state index >= 15 is 0 Å². The van der Waals surface area contributed by atoms with Crippen LogP contribution in [0.5, 0.6) is 0 Å². The fourth-order valence-electron chi connectivity index (χ4n) is 4.46. The summed E-state index contributed by atoms with van der Waals surface area (Å²) in [5, 5.41) is 1.80. The van der Waals surface area contributed by atoms with Crippen molar-refractivity contribution < 1.29 is 18.0 Å². The third kappa shape index (κ3) is 5.40. The van der Waals surface area contributed by atoms with Gasteiger partial charge in [-0.15, -0.1) is 0 Å². The van der Waals surface area contributed by atoms with Crippen LogP contribution in [0.1, 0.15) is 51.4 Å². The smallest absolute Gasteiger partial charge is 0.361 e. The Hall–Kier alpha value is -2.96. The van der Waals surface area contributed by atoms with Crippen LogP contribution in [-0.2, 0) is 19.1 Å². The molecule has 1 aliphatic rings. The topological polar surface area (TPSA) is 36.1 Å². The molecule has 1 aliphatic carbocycles. The number of hydrogen-bond donors (Lipinski definition) is 1. The fraction of sp³-hybridized carbons (Fsp3) is 0.250. The van der Waals surface area contributed by atoms with E-state index in [1.807, 2.05) is 24.3 Å². The average Bonchev–Trinajstić information content (AvgIpc) is 3.59. The summed E-state index contributed by atoms with van der Waals surface area (Å²) in [7, 11) is 0. The zero-order chi connectivity index (χ0) is 25.4. The van der Waals surface area contributed by atoms with Crippen molar-refractivity contribution in [3.05, 3.63) is 105 Å². The fourth-order valence-corrected chi connectivity index (χ4v) is 4.94. The highest BCUT2D eigenvalue weighted by atomic mass is 35.5. The van der Waals surface area contributed by atoms with Gasteiger partial charge in [-0.2, -0.15) is 13.2 Å². The van der Waals surface area contributed by atoms with Crippen molar-refractivity contribution in [1.82, 2.24) is 9.88 Å². The number of nitrogens with zero attached hydrogens (tertiary/aromatic N) is 1. The molecule has 1 amide bonds. The van der Waals surface area contributed by atoms with Crippen LogP contribution in [-0.4, -0.2) is 22.3 Å². The van der Waals surface area contributed by atoms with Crippen molar-refractivity contribution in [2.45, 2.75) is 37.9 Å². The Labute approximate surface area is 216 Å². The SMILES string of the molecule is O=C(c1cc(Cl)cc2cc[nH]c12)N(CCc1cccc(C(F)(F)F)c1)Cc1ccc(C2CC2)cc1Cl. The molecule has 186 valence electrons. The molecule has 0 aliphatic heterocycles. The minimum atomic E-state index is -4.43. The van der Waals surface area contributed by atoms with Crippen molar-refractivity contribution in [3.63, 3.8) is 0 Å². The highest BCUT2D eigenvalue weighted by Gasteiger charge is 2.30. The molecule has 0 radical (unpaired) electrons. The molecule has 3 aromatic carbocycles. The van der Waals surface area contributed by atoms with E-state index in [-0.39, 0.29) is 25.4 Å². The molecule has 3 nitrogen and oxygen atoms in total. The molecule has 0 atom stereocenters. The Morgan fingerprint density at radius 2 is 1.83 bits per heavy atom. The predicted octanol–water partition coefficient (Wildman–Crippen LogP) is 8.26. The maximum atomic E-state index is 13.8. The number of benzene rings is 3. The number of carbonyl (C=O) groups excluding carboxylic acids is 1. The number of alkyl halides is 3. The lowest BCUT2D eigenvalue weighted by Crippen LogP contribution is -2.33. The predicted molar refractivity (Wildman–Crippen MR) is 137 cm³/mol. The molecule has 8 heteroatoms. The maximum absolute atomic E-state index is 13.8. The zero-order valence-electron chi connectivity index (χ0n) is 19.2. The number of halogens is 5. The third-order valence-corrected chi connectivity index (χ3v) is 7.12. The first kappa shape index (κ1) is 24.7. The summed E-state index contributed by atoms with van der Waals surface area (Å²) in [6.07, 6.45) is -0.140. The van der Waals surface area contributed by atoms with E-state index in [4.69, 9.17) is 23.2 Å². The normalized spacial score (nSPS) is 13.8. The van der Waals surface area contributed by atoms with Crippen molar-refractivity contribution in [2.75, 3.05) is 6.54 Å². The van der Waals surface area contributed by atoms with Crippen LogP contribution in [0.2, 0.25) is 10.0 Å². The maximum Gasteiger partial charge on any atom is 0.416 e. The molecule has 1 saturated carbocycles. The minimum absolute atomic E-state index is 0.204. The highest BCUT2D eigenvalue weighted by Crippen LogP contribution is 2.41. The lowest BCUT2D eigenvalue weighted by Gasteiger charge is -2.24. The van der Waals surface area contributed by atoms with Gasteiger partial charge in [-0.25, -0.2) is 0 Å². The Kier molecular flexibility index (Phi) is 6.75. The van der Waals surface area contributed by atoms with Crippen LogP contribution in [0.15, 0.2) is 66.9 Å². The number of aromatic amines is 1. The van der Waals surface area contributed by atoms with Gasteiger partial charge in [0.15, 0.2) is 0 Å². The van der Waals surface area contributed by atoms with Crippen LogP contribution in [0.3, 0.4) is 0 Å². The lowest BCUT2D eigenvalue weighted by atomic mass is 10.0. The number of carbonyl (C=O) groups is 1. The molecule has 0 bridgehead atoms. The van der Waals surface area contributed by atoms with Crippen molar-refractivity contribution in [1.29, 1.82) is 0 Å². The van der Waals surface area contributed by atoms with Crippen molar-refractivity contribution >= 4 is 40.0 Å². The van der Waals surface area contributed by atoms with Gasteiger partial charge in [-0.05, 0) is 72.2 Å². The molecule has 0 spiro atoms. The van der Waals surface area contributed by atoms with E-state index in [1.54, 1.807) is 29.3 Å². The molecular weight excluding hydrogens is 508 g/mol. The number of H-pyrrole nitrogens is 1. The lowest BCUT2D eigenvalue weighted by molar-refractivity contribution is -0.137. The second-order valence-corrected chi connectivity index (χ2v) is 10.0. The largest absolute Gasteiger partial charge is 0.416 e. The minimum Gasteiger partial charge on any atom is -0.361 e. The number of nitrogens with one attached hydrogen (secondary N) is 1. The molecule has 1 aromatic heterocycles. The van der Waals surface area contributed by atoms with Crippen LogP contribution < -0.4 is 0 Å². The summed E-state index contributed by atoms with van der Waals surface area (Å²) >= 11 is 12.9. The molecule has 5 rings (SSSR count). The molecule has 4 aromatic rings. The van der Waals surface area contributed by atoms with Crippen LogP contribution in [0.25, 0.3) is 10.9 Å². The van der Waals surface area contributed by atoms with Gasteiger partial charge in [0.1, 0.15) is 0 Å². The molecule has 0 unspecified atom stereocenters. The zero-order valence-corrected chi connectivity index (χ0v) is 20.7. The molecule has 1 N–H and O–H groups in total. The Balaban J connectivity index is 1.45. The first-order valence-electron chi connectivity index (χ1n) is 11.7. The second-order valence-electron chi connectivity index (χ2n) is 9.20. The first-order chi connectivity index (χ1) is 17.2. The molecule has 36 heavy (non-hydrogen) atoms. The summed E-state index contributed by atoms with van der Waals surface area (Å²) in [6.45, 7) is 0.422. The van der Waals surface area contributed by atoms with E-state index in [0.29, 0.717) is 32.6 Å². The van der Waals surface area contributed by atoms with Crippen molar-refractivity contribution in [2.24, 2.45) is 0 Å². The Morgan fingerprint density at radius 1 is 1.03 bits per heavy atom. The summed E-state index contributed by atoms with van der Waals surface area (Å²) < 4.78 is 39.6. The van der Waals surface area contributed by atoms with Gasteiger partial charge in [-0.1, -0.05) is 53.5 Å². The molecule has 1 fully saturated rings. The van der Waals surface area contributed by atoms with E-state index < -0.39 is 11.7 Å². The summed E-state index contributed by atoms with van der Waals surface area (Å²) in [5.74, 6) is 0.266. The van der Waals surface area contributed by atoms with Gasteiger partial charge in [0.2, 0.25) is 0 Å². The van der Waals surface area contributed by atoms with E-state index in [0.717, 1.165) is 35.9 Å². The molecule has 0 saturated heterocycles. The standard InChI is InChI=1S/C28H23Cl2F3N2O/c29-23-13-20-8-10-34-26(20)24(15-23)27(36)35(11-9-17-2-1-3-22(12-17)28(31,32)33)16-21-7-6-19(14-25(21)30)18-4-5-18/h1-3,6-8,10,12-15,18,34H,4-5,9,11,16H2. The summed E-state index contributed by atoms with van der Waals surface area (Å²) in [5.41, 5.74) is 2.81. The number of hydrogen-bond acceptors (Lipinski definition) is 1. The van der Waals surface area contributed by atoms with E-state index in [9.17, 15) is 18.0 Å².